The first-order valence-corrected chi connectivity index (χ1v) is 8.59. The van der Waals surface area contributed by atoms with Crippen molar-refractivity contribution in [1.29, 1.82) is 0 Å². The van der Waals surface area contributed by atoms with Crippen molar-refractivity contribution in [3.63, 3.8) is 0 Å². The molecule has 27 heavy (non-hydrogen) atoms. The minimum atomic E-state index is -0.142. The van der Waals surface area contributed by atoms with Crippen molar-refractivity contribution in [2.45, 2.75) is 13.5 Å². The van der Waals surface area contributed by atoms with E-state index >= 15 is 0 Å². The summed E-state index contributed by atoms with van der Waals surface area (Å²) in [4.78, 5) is 16.8. The van der Waals surface area contributed by atoms with E-state index in [1.807, 2.05) is 61.7 Å². The molecule has 0 fully saturated rings. The van der Waals surface area contributed by atoms with Gasteiger partial charge in [0.2, 0.25) is 5.89 Å². The van der Waals surface area contributed by atoms with Crippen LogP contribution >= 0.6 is 0 Å². The number of hydrogen-bond acceptors (Lipinski definition) is 4. The SMILES string of the molecule is Cc1oc(-c2ccc(NC(=O)c3ccccc3)cc2)nc1Cn1cccn1. The van der Waals surface area contributed by atoms with E-state index in [9.17, 15) is 4.79 Å². The highest BCUT2D eigenvalue weighted by atomic mass is 16.4. The number of nitrogens with one attached hydrogen (secondary N) is 1. The first kappa shape index (κ1) is 16.8. The third-order valence-corrected chi connectivity index (χ3v) is 4.19. The molecule has 0 bridgehead atoms. The van der Waals surface area contributed by atoms with Crippen LogP contribution in [-0.4, -0.2) is 20.7 Å². The lowest BCUT2D eigenvalue weighted by atomic mass is 10.2. The van der Waals surface area contributed by atoms with E-state index in [1.54, 1.807) is 23.0 Å². The van der Waals surface area contributed by atoms with Gasteiger partial charge in [-0.05, 0) is 49.4 Å². The summed E-state index contributed by atoms with van der Waals surface area (Å²) in [5, 5.41) is 7.08. The molecule has 2 heterocycles. The van der Waals surface area contributed by atoms with Crippen molar-refractivity contribution >= 4 is 11.6 Å². The minimum Gasteiger partial charge on any atom is -0.441 e. The average Bonchev–Trinajstić information content (AvgIpc) is 3.34. The van der Waals surface area contributed by atoms with Crippen molar-refractivity contribution in [1.82, 2.24) is 14.8 Å². The van der Waals surface area contributed by atoms with Crippen LogP contribution < -0.4 is 5.32 Å². The molecule has 1 N–H and O–H groups in total. The summed E-state index contributed by atoms with van der Waals surface area (Å²) < 4.78 is 7.60. The number of aryl methyl sites for hydroxylation is 1. The number of anilines is 1. The fourth-order valence-electron chi connectivity index (χ4n) is 2.73. The number of benzene rings is 2. The van der Waals surface area contributed by atoms with Gasteiger partial charge < -0.3 is 9.73 Å². The molecular weight excluding hydrogens is 340 g/mol. The summed E-state index contributed by atoms with van der Waals surface area (Å²) in [6, 6.07) is 18.4. The van der Waals surface area contributed by atoms with Gasteiger partial charge in [0.05, 0.1) is 6.54 Å². The van der Waals surface area contributed by atoms with E-state index in [2.05, 4.69) is 15.4 Å². The molecule has 6 heteroatoms. The maximum absolute atomic E-state index is 12.2. The Labute approximate surface area is 156 Å². The number of hydrogen-bond donors (Lipinski definition) is 1. The van der Waals surface area contributed by atoms with Crippen LogP contribution in [0.5, 0.6) is 0 Å². The predicted molar refractivity (Wildman–Crippen MR) is 102 cm³/mol. The Kier molecular flexibility index (Phi) is 4.53. The summed E-state index contributed by atoms with van der Waals surface area (Å²) in [7, 11) is 0. The maximum atomic E-state index is 12.2. The molecule has 6 nitrogen and oxygen atoms in total. The molecule has 0 saturated heterocycles. The molecule has 2 aromatic carbocycles. The molecule has 1 amide bonds. The Bertz CT molecular complexity index is 1040. The zero-order chi connectivity index (χ0) is 18.6. The number of rotatable bonds is 5. The summed E-state index contributed by atoms with van der Waals surface area (Å²) in [5.74, 6) is 1.18. The van der Waals surface area contributed by atoms with E-state index in [-0.39, 0.29) is 5.91 Å². The van der Waals surface area contributed by atoms with Crippen LogP contribution in [-0.2, 0) is 6.54 Å². The second-order valence-electron chi connectivity index (χ2n) is 6.12. The van der Waals surface area contributed by atoms with E-state index in [0.29, 0.717) is 23.7 Å². The van der Waals surface area contributed by atoms with Crippen molar-refractivity contribution in [3.05, 3.63) is 90.1 Å². The van der Waals surface area contributed by atoms with Gasteiger partial charge in [-0.2, -0.15) is 5.10 Å². The Hall–Kier alpha value is -3.67. The highest BCUT2D eigenvalue weighted by Crippen LogP contribution is 2.24. The van der Waals surface area contributed by atoms with Gasteiger partial charge in [0.1, 0.15) is 11.5 Å². The minimum absolute atomic E-state index is 0.142. The van der Waals surface area contributed by atoms with Crippen LogP contribution in [0.15, 0.2) is 77.5 Å². The van der Waals surface area contributed by atoms with Gasteiger partial charge in [-0.15, -0.1) is 0 Å². The van der Waals surface area contributed by atoms with Crippen LogP contribution in [0.2, 0.25) is 0 Å². The largest absolute Gasteiger partial charge is 0.441 e. The van der Waals surface area contributed by atoms with Gasteiger partial charge in [-0.25, -0.2) is 4.98 Å². The molecule has 4 rings (SSSR count). The topological polar surface area (TPSA) is 73.0 Å². The van der Waals surface area contributed by atoms with Crippen LogP contribution in [0.3, 0.4) is 0 Å². The number of carbonyl (C=O) groups excluding carboxylic acids is 1. The summed E-state index contributed by atoms with van der Waals surface area (Å²) in [6.07, 6.45) is 3.62. The Morgan fingerprint density at radius 3 is 2.56 bits per heavy atom. The Balaban J connectivity index is 1.48. The molecule has 134 valence electrons. The van der Waals surface area contributed by atoms with Gasteiger partial charge in [-0.1, -0.05) is 18.2 Å². The number of aromatic nitrogens is 3. The molecule has 0 atom stereocenters. The van der Waals surface area contributed by atoms with Gasteiger partial charge >= 0.3 is 0 Å². The molecular formula is C21H18N4O2. The molecule has 0 spiro atoms. The lowest BCUT2D eigenvalue weighted by Crippen LogP contribution is -2.11. The van der Waals surface area contributed by atoms with Crippen LogP contribution in [0, 0.1) is 6.92 Å². The van der Waals surface area contributed by atoms with Crippen molar-refractivity contribution in [3.8, 4) is 11.5 Å². The fraction of sp³-hybridized carbons (Fsp3) is 0.0952. The third kappa shape index (κ3) is 3.79. The average molecular weight is 358 g/mol. The summed E-state index contributed by atoms with van der Waals surface area (Å²) in [6.45, 7) is 2.46. The van der Waals surface area contributed by atoms with Crippen LogP contribution in [0.1, 0.15) is 21.8 Å². The Morgan fingerprint density at radius 1 is 1.07 bits per heavy atom. The molecule has 0 radical (unpaired) electrons. The quantitative estimate of drug-likeness (QED) is 0.582. The van der Waals surface area contributed by atoms with Gasteiger partial charge in [0.15, 0.2) is 0 Å². The number of carbonyl (C=O) groups is 1. The first-order valence-electron chi connectivity index (χ1n) is 8.59. The van der Waals surface area contributed by atoms with Crippen LogP contribution in [0.4, 0.5) is 5.69 Å². The number of oxazole rings is 1. The third-order valence-electron chi connectivity index (χ3n) is 4.19. The van der Waals surface area contributed by atoms with E-state index in [0.717, 1.165) is 17.0 Å². The second kappa shape index (κ2) is 7.29. The summed E-state index contributed by atoms with van der Waals surface area (Å²) >= 11 is 0. The van der Waals surface area contributed by atoms with Crippen LogP contribution in [0.25, 0.3) is 11.5 Å². The van der Waals surface area contributed by atoms with E-state index < -0.39 is 0 Å². The van der Waals surface area contributed by atoms with Crippen molar-refractivity contribution < 1.29 is 9.21 Å². The van der Waals surface area contributed by atoms with Gasteiger partial charge in [0.25, 0.3) is 5.91 Å². The highest BCUT2D eigenvalue weighted by molar-refractivity contribution is 6.04. The van der Waals surface area contributed by atoms with Gasteiger partial charge in [-0.3, -0.25) is 9.48 Å². The second-order valence-corrected chi connectivity index (χ2v) is 6.12. The molecule has 0 aliphatic rings. The lowest BCUT2D eigenvalue weighted by molar-refractivity contribution is 0.102. The Morgan fingerprint density at radius 2 is 1.85 bits per heavy atom. The summed E-state index contributed by atoms with van der Waals surface area (Å²) in [5.41, 5.74) is 3.03. The lowest BCUT2D eigenvalue weighted by Gasteiger charge is -2.05. The predicted octanol–water partition coefficient (Wildman–Crippen LogP) is 4.15. The number of nitrogens with zero attached hydrogens (tertiary/aromatic N) is 3. The molecule has 0 aliphatic carbocycles. The normalized spacial score (nSPS) is 10.7. The van der Waals surface area contributed by atoms with E-state index in [4.69, 9.17) is 4.42 Å². The monoisotopic (exact) mass is 358 g/mol. The molecule has 0 saturated carbocycles. The molecule has 0 aliphatic heterocycles. The maximum Gasteiger partial charge on any atom is 0.255 e. The van der Waals surface area contributed by atoms with Crippen molar-refractivity contribution in [2.75, 3.05) is 5.32 Å². The van der Waals surface area contributed by atoms with Crippen molar-refractivity contribution in [2.24, 2.45) is 0 Å². The number of amides is 1. The first-order chi connectivity index (χ1) is 13.2. The zero-order valence-electron chi connectivity index (χ0n) is 14.8. The standard InChI is InChI=1S/C21H18N4O2/c1-15-19(14-25-13-5-12-22-25)24-21(27-15)17-8-10-18(11-9-17)23-20(26)16-6-3-2-4-7-16/h2-13H,14H2,1H3,(H,23,26). The van der Waals surface area contributed by atoms with E-state index in [1.165, 1.54) is 0 Å². The molecule has 2 aromatic heterocycles. The highest BCUT2D eigenvalue weighted by Gasteiger charge is 2.12. The fourth-order valence-corrected chi connectivity index (χ4v) is 2.73. The smallest absolute Gasteiger partial charge is 0.255 e. The molecule has 0 unspecified atom stereocenters. The van der Waals surface area contributed by atoms with Gasteiger partial charge in [0, 0.05) is 29.2 Å². The molecule has 4 aromatic rings. The zero-order valence-corrected chi connectivity index (χ0v) is 14.8.